The largest absolute Gasteiger partial charge is 0.497 e. The molecule has 30 heavy (non-hydrogen) atoms. The van der Waals surface area contributed by atoms with Gasteiger partial charge in [-0.1, -0.05) is 24.3 Å². The van der Waals surface area contributed by atoms with Crippen LogP contribution < -0.4 is 10.1 Å². The van der Waals surface area contributed by atoms with Gasteiger partial charge >= 0.3 is 0 Å². The number of methoxy groups -OCH3 is 1. The van der Waals surface area contributed by atoms with Crippen LogP contribution in [0.2, 0.25) is 0 Å². The molecule has 1 aromatic heterocycles. The quantitative estimate of drug-likeness (QED) is 0.708. The molecule has 3 aliphatic heterocycles. The summed E-state index contributed by atoms with van der Waals surface area (Å²) in [5.74, 6) is 0.367. The van der Waals surface area contributed by atoms with Crippen LogP contribution in [0.1, 0.15) is 11.3 Å². The van der Waals surface area contributed by atoms with Crippen molar-refractivity contribution in [1.82, 2.24) is 10.2 Å². The Bertz CT molecular complexity index is 968. The van der Waals surface area contributed by atoms with Crippen LogP contribution >= 0.6 is 0 Å². The Morgan fingerprint density at radius 3 is 2.87 bits per heavy atom. The molecule has 2 fully saturated rings. The minimum Gasteiger partial charge on any atom is -0.497 e. The van der Waals surface area contributed by atoms with Gasteiger partial charge in [0.1, 0.15) is 17.1 Å². The number of furan rings is 1. The molecule has 1 N–H and O–H groups in total. The van der Waals surface area contributed by atoms with Gasteiger partial charge in [-0.15, -0.1) is 0 Å². The van der Waals surface area contributed by atoms with Gasteiger partial charge in [0.05, 0.1) is 44.4 Å². The summed E-state index contributed by atoms with van der Waals surface area (Å²) in [4.78, 5) is 27.9. The molecule has 1 aromatic carbocycles. The monoisotopic (exact) mass is 408 g/mol. The van der Waals surface area contributed by atoms with Gasteiger partial charge in [-0.3, -0.25) is 9.59 Å². The van der Waals surface area contributed by atoms with E-state index in [1.165, 1.54) is 0 Å². The molecule has 0 radical (unpaired) electrons. The summed E-state index contributed by atoms with van der Waals surface area (Å²) in [6, 6.07) is 11.4. The highest BCUT2D eigenvalue weighted by Crippen LogP contribution is 2.52. The molecule has 7 heteroatoms. The average molecular weight is 408 g/mol. The highest BCUT2D eigenvalue weighted by atomic mass is 16.5. The number of fused-ring (bicyclic) bond motifs is 1. The normalized spacial score (nSPS) is 28.8. The van der Waals surface area contributed by atoms with Crippen molar-refractivity contribution in [3.63, 3.8) is 0 Å². The number of rotatable bonds is 7. The van der Waals surface area contributed by atoms with Crippen LogP contribution in [0.25, 0.3) is 0 Å². The van der Waals surface area contributed by atoms with Crippen LogP contribution in [0.15, 0.2) is 59.2 Å². The minimum absolute atomic E-state index is 0.0476. The van der Waals surface area contributed by atoms with Gasteiger partial charge < -0.3 is 24.1 Å². The van der Waals surface area contributed by atoms with E-state index in [1.807, 2.05) is 42.5 Å². The van der Waals surface area contributed by atoms with E-state index in [-0.39, 0.29) is 17.9 Å². The van der Waals surface area contributed by atoms with Gasteiger partial charge in [0, 0.05) is 6.54 Å². The SMILES string of the molecule is COc1ccc(CCNC(=O)C2C3C=C[C@]4(CN(Cc5ccco5)C(=O)C24)O3)cc1. The van der Waals surface area contributed by atoms with Crippen LogP contribution in [0.3, 0.4) is 0 Å². The summed E-state index contributed by atoms with van der Waals surface area (Å²) in [6.07, 6.45) is 5.84. The number of hydrogen-bond acceptors (Lipinski definition) is 5. The molecule has 2 amide bonds. The lowest BCUT2D eigenvalue weighted by Gasteiger charge is -2.23. The molecular formula is C23H24N2O5. The fourth-order valence-electron chi connectivity index (χ4n) is 4.84. The second-order valence-electron chi connectivity index (χ2n) is 8.06. The molecule has 3 aliphatic rings. The minimum atomic E-state index is -0.702. The molecule has 2 bridgehead atoms. The first kappa shape index (κ1) is 18.9. The lowest BCUT2D eigenvalue weighted by Crippen LogP contribution is -2.44. The Morgan fingerprint density at radius 2 is 2.13 bits per heavy atom. The summed E-state index contributed by atoms with van der Waals surface area (Å²) < 4.78 is 16.7. The number of amides is 2. The summed E-state index contributed by atoms with van der Waals surface area (Å²) in [5.41, 5.74) is 0.407. The fraction of sp³-hybridized carbons (Fsp3) is 0.391. The molecule has 0 aliphatic carbocycles. The molecule has 3 unspecified atom stereocenters. The van der Waals surface area contributed by atoms with Crippen molar-refractivity contribution in [2.24, 2.45) is 11.8 Å². The standard InChI is InChI=1S/C23H24N2O5/c1-28-16-6-4-15(5-7-16)9-11-24-21(26)19-18-8-10-23(30-18)14-25(22(27)20(19)23)13-17-3-2-12-29-17/h2-8,10,12,18-20H,9,11,13-14H2,1H3,(H,24,26)/t18?,19?,20?,23-/m1/s1. The lowest BCUT2D eigenvalue weighted by molar-refractivity contribution is -0.138. The first-order valence-corrected chi connectivity index (χ1v) is 10.2. The average Bonchev–Trinajstić information content (AvgIpc) is 3.52. The van der Waals surface area contributed by atoms with Crippen LogP contribution in [0.4, 0.5) is 0 Å². The van der Waals surface area contributed by atoms with E-state index in [0.29, 0.717) is 26.1 Å². The summed E-state index contributed by atoms with van der Waals surface area (Å²) in [6.45, 7) is 1.33. The summed E-state index contributed by atoms with van der Waals surface area (Å²) >= 11 is 0. The van der Waals surface area contributed by atoms with Crippen molar-refractivity contribution in [1.29, 1.82) is 0 Å². The van der Waals surface area contributed by atoms with E-state index in [0.717, 1.165) is 17.1 Å². The van der Waals surface area contributed by atoms with E-state index >= 15 is 0 Å². The van der Waals surface area contributed by atoms with Gasteiger partial charge in [-0.05, 0) is 36.2 Å². The molecule has 7 nitrogen and oxygen atoms in total. The van der Waals surface area contributed by atoms with Gasteiger partial charge in [0.15, 0.2) is 0 Å². The molecule has 4 atom stereocenters. The molecule has 0 saturated carbocycles. The van der Waals surface area contributed by atoms with Crippen LogP contribution in [-0.2, 0) is 27.3 Å². The number of hydrogen-bond donors (Lipinski definition) is 1. The van der Waals surface area contributed by atoms with E-state index in [2.05, 4.69) is 5.32 Å². The predicted molar refractivity (Wildman–Crippen MR) is 108 cm³/mol. The van der Waals surface area contributed by atoms with E-state index in [4.69, 9.17) is 13.9 Å². The van der Waals surface area contributed by atoms with Crippen molar-refractivity contribution < 1.29 is 23.5 Å². The topological polar surface area (TPSA) is 81.0 Å². The van der Waals surface area contributed by atoms with Gasteiger partial charge in [-0.2, -0.15) is 0 Å². The van der Waals surface area contributed by atoms with Crippen molar-refractivity contribution in [2.75, 3.05) is 20.2 Å². The predicted octanol–water partition coefficient (Wildman–Crippen LogP) is 1.93. The number of benzene rings is 1. The number of carbonyl (C=O) groups is 2. The number of likely N-dealkylation sites (tertiary alicyclic amines) is 1. The van der Waals surface area contributed by atoms with Gasteiger partial charge in [0.2, 0.25) is 11.8 Å². The fourth-order valence-corrected chi connectivity index (χ4v) is 4.84. The van der Waals surface area contributed by atoms with Crippen molar-refractivity contribution in [3.8, 4) is 5.75 Å². The number of nitrogens with zero attached hydrogens (tertiary/aromatic N) is 1. The summed E-state index contributed by atoms with van der Waals surface area (Å²) in [5, 5.41) is 3.00. The maximum absolute atomic E-state index is 13.1. The van der Waals surface area contributed by atoms with Crippen molar-refractivity contribution in [2.45, 2.75) is 24.7 Å². The Morgan fingerprint density at radius 1 is 1.30 bits per heavy atom. The number of nitrogens with one attached hydrogen (secondary N) is 1. The van der Waals surface area contributed by atoms with E-state index < -0.39 is 17.4 Å². The molecule has 156 valence electrons. The van der Waals surface area contributed by atoms with Crippen LogP contribution in [-0.4, -0.2) is 48.6 Å². The first-order chi connectivity index (χ1) is 14.6. The van der Waals surface area contributed by atoms with Crippen molar-refractivity contribution >= 4 is 11.8 Å². The number of carbonyl (C=O) groups excluding carboxylic acids is 2. The Labute approximate surface area is 174 Å². The summed E-state index contributed by atoms with van der Waals surface area (Å²) in [7, 11) is 1.63. The molecule has 2 aromatic rings. The van der Waals surface area contributed by atoms with E-state index in [1.54, 1.807) is 24.3 Å². The highest BCUT2D eigenvalue weighted by Gasteiger charge is 2.66. The van der Waals surface area contributed by atoms with Crippen molar-refractivity contribution in [3.05, 3.63) is 66.1 Å². The van der Waals surface area contributed by atoms with Crippen LogP contribution in [0.5, 0.6) is 5.75 Å². The zero-order valence-electron chi connectivity index (χ0n) is 16.7. The third-order valence-electron chi connectivity index (χ3n) is 6.28. The smallest absolute Gasteiger partial charge is 0.230 e. The highest BCUT2D eigenvalue weighted by molar-refractivity contribution is 5.93. The molecule has 5 rings (SSSR count). The number of ether oxygens (including phenoxy) is 2. The molecule has 2 saturated heterocycles. The maximum Gasteiger partial charge on any atom is 0.230 e. The maximum atomic E-state index is 13.1. The second kappa shape index (κ2) is 7.32. The van der Waals surface area contributed by atoms with Gasteiger partial charge in [-0.25, -0.2) is 0 Å². The molecule has 1 spiro atoms. The Balaban J connectivity index is 1.24. The van der Waals surface area contributed by atoms with E-state index in [9.17, 15) is 9.59 Å². The van der Waals surface area contributed by atoms with Gasteiger partial charge in [0.25, 0.3) is 0 Å². The first-order valence-electron chi connectivity index (χ1n) is 10.2. The molecular weight excluding hydrogens is 384 g/mol. The second-order valence-corrected chi connectivity index (χ2v) is 8.06. The zero-order valence-corrected chi connectivity index (χ0v) is 16.7. The zero-order chi connectivity index (χ0) is 20.7. The lowest BCUT2D eigenvalue weighted by atomic mass is 9.77. The Kier molecular flexibility index (Phi) is 4.62. The molecule has 4 heterocycles. The third kappa shape index (κ3) is 3.10. The third-order valence-corrected chi connectivity index (χ3v) is 6.28. The Hall–Kier alpha value is -3.06. The van der Waals surface area contributed by atoms with Crippen LogP contribution in [0, 0.1) is 11.8 Å².